The van der Waals surface area contributed by atoms with Crippen LogP contribution >= 0.6 is 0 Å². The van der Waals surface area contributed by atoms with E-state index in [0.29, 0.717) is 0 Å². The first-order chi connectivity index (χ1) is 6.79. The zero-order valence-electron chi connectivity index (χ0n) is 8.20. The average Bonchev–Trinajstić information content (AvgIpc) is 2.25. The second-order valence-corrected chi connectivity index (χ2v) is 3.71. The van der Waals surface area contributed by atoms with Crippen LogP contribution in [-0.2, 0) is 4.79 Å². The van der Waals surface area contributed by atoms with Crippen molar-refractivity contribution in [2.24, 2.45) is 11.8 Å². The Hall–Kier alpha value is -1.08. The quantitative estimate of drug-likeness (QED) is 0.643. The number of aliphatic hydroxyl groups is 1. The third kappa shape index (κ3) is 2.71. The summed E-state index contributed by atoms with van der Waals surface area (Å²) in [7, 11) is 0. The van der Waals surface area contributed by atoms with E-state index >= 15 is 0 Å². The minimum Gasteiger partial charge on any atom is -0.396 e. The molecule has 1 fully saturated rings. The molecule has 0 spiro atoms. The molecule has 14 heavy (non-hydrogen) atoms. The highest BCUT2D eigenvalue weighted by Gasteiger charge is 2.29. The average molecular weight is 196 g/mol. The van der Waals surface area contributed by atoms with E-state index in [1.165, 1.54) is 0 Å². The molecule has 0 aliphatic heterocycles. The Kier molecular flexibility index (Phi) is 4.41. The third-order valence-electron chi connectivity index (χ3n) is 2.82. The van der Waals surface area contributed by atoms with Crippen molar-refractivity contribution in [2.45, 2.75) is 25.7 Å². The van der Waals surface area contributed by atoms with Crippen LogP contribution in [0.1, 0.15) is 25.7 Å². The number of nitrogens with zero attached hydrogens (tertiary/aromatic N) is 1. The standard InChI is InChI=1S/C10H16N2O2/c11-5-6-12-10(14)9-4-2-1-3-8(9)7-13/h8-9,13H,1-4,6-7H2,(H,12,14)/t8-,9-/m1/s1. The maximum atomic E-state index is 11.6. The fourth-order valence-electron chi connectivity index (χ4n) is 2.03. The van der Waals surface area contributed by atoms with Crippen LogP contribution in [0.15, 0.2) is 0 Å². The molecule has 1 amide bonds. The van der Waals surface area contributed by atoms with Gasteiger partial charge in [-0.1, -0.05) is 12.8 Å². The number of hydrogen-bond acceptors (Lipinski definition) is 3. The molecule has 1 saturated carbocycles. The van der Waals surface area contributed by atoms with Crippen molar-refractivity contribution in [3.8, 4) is 6.07 Å². The molecule has 0 heterocycles. The number of amides is 1. The summed E-state index contributed by atoms with van der Waals surface area (Å²) in [5.41, 5.74) is 0. The van der Waals surface area contributed by atoms with Crippen LogP contribution in [0, 0.1) is 23.2 Å². The predicted molar refractivity (Wildman–Crippen MR) is 51.2 cm³/mol. The monoisotopic (exact) mass is 196 g/mol. The Morgan fingerprint density at radius 3 is 2.86 bits per heavy atom. The Labute approximate surface area is 83.9 Å². The summed E-state index contributed by atoms with van der Waals surface area (Å²) in [6.07, 6.45) is 3.89. The molecule has 4 nitrogen and oxygen atoms in total. The SMILES string of the molecule is N#CCNC(=O)[C@@H]1CCCC[C@@H]1CO. The number of hydrogen-bond donors (Lipinski definition) is 2. The van der Waals surface area contributed by atoms with Crippen molar-refractivity contribution >= 4 is 5.91 Å². The molecule has 2 atom stereocenters. The summed E-state index contributed by atoms with van der Waals surface area (Å²) in [5, 5.41) is 20.0. The van der Waals surface area contributed by atoms with Crippen molar-refractivity contribution in [3.63, 3.8) is 0 Å². The first kappa shape index (κ1) is 11.0. The smallest absolute Gasteiger partial charge is 0.224 e. The maximum Gasteiger partial charge on any atom is 0.224 e. The van der Waals surface area contributed by atoms with Crippen molar-refractivity contribution in [3.05, 3.63) is 0 Å². The van der Waals surface area contributed by atoms with E-state index in [4.69, 9.17) is 10.4 Å². The molecule has 1 aliphatic rings. The van der Waals surface area contributed by atoms with Gasteiger partial charge < -0.3 is 10.4 Å². The second-order valence-electron chi connectivity index (χ2n) is 3.71. The normalized spacial score (nSPS) is 26.6. The molecular formula is C10H16N2O2. The van der Waals surface area contributed by atoms with E-state index in [9.17, 15) is 4.79 Å². The van der Waals surface area contributed by atoms with Gasteiger partial charge in [0.1, 0.15) is 6.54 Å². The molecule has 4 heteroatoms. The van der Waals surface area contributed by atoms with Gasteiger partial charge in [0.2, 0.25) is 5.91 Å². The Bertz CT molecular complexity index is 235. The molecule has 78 valence electrons. The summed E-state index contributed by atoms with van der Waals surface area (Å²) in [6, 6.07) is 1.88. The first-order valence-corrected chi connectivity index (χ1v) is 5.05. The van der Waals surface area contributed by atoms with Crippen LogP contribution in [0.3, 0.4) is 0 Å². The molecule has 0 aromatic carbocycles. The first-order valence-electron chi connectivity index (χ1n) is 5.05. The van der Waals surface area contributed by atoms with Crippen LogP contribution in [-0.4, -0.2) is 24.2 Å². The Balaban J connectivity index is 2.46. The van der Waals surface area contributed by atoms with Gasteiger partial charge in [-0.25, -0.2) is 0 Å². The summed E-state index contributed by atoms with van der Waals surface area (Å²) in [6.45, 7) is 0.137. The van der Waals surface area contributed by atoms with Gasteiger partial charge in [-0.2, -0.15) is 5.26 Å². The Morgan fingerprint density at radius 1 is 1.50 bits per heavy atom. The van der Waals surface area contributed by atoms with Crippen LogP contribution in [0.4, 0.5) is 0 Å². The van der Waals surface area contributed by atoms with Crippen LogP contribution in [0.2, 0.25) is 0 Å². The lowest BCUT2D eigenvalue weighted by Gasteiger charge is -2.28. The van der Waals surface area contributed by atoms with Gasteiger partial charge >= 0.3 is 0 Å². The molecule has 0 radical (unpaired) electrons. The van der Waals surface area contributed by atoms with Crippen LogP contribution in [0.5, 0.6) is 0 Å². The third-order valence-corrected chi connectivity index (χ3v) is 2.82. The van der Waals surface area contributed by atoms with E-state index in [-0.39, 0.29) is 30.9 Å². The van der Waals surface area contributed by atoms with E-state index in [1.807, 2.05) is 6.07 Å². The molecule has 0 aromatic rings. The van der Waals surface area contributed by atoms with Crippen molar-refractivity contribution in [1.82, 2.24) is 5.32 Å². The van der Waals surface area contributed by atoms with Gasteiger partial charge in [-0.05, 0) is 18.8 Å². The van der Waals surface area contributed by atoms with Crippen LogP contribution < -0.4 is 5.32 Å². The highest BCUT2D eigenvalue weighted by molar-refractivity contribution is 5.79. The lowest BCUT2D eigenvalue weighted by molar-refractivity contribution is -0.128. The molecule has 2 N–H and O–H groups in total. The van der Waals surface area contributed by atoms with Gasteiger partial charge in [0.05, 0.1) is 6.07 Å². The minimum atomic E-state index is -0.0953. The van der Waals surface area contributed by atoms with Crippen LogP contribution in [0.25, 0.3) is 0 Å². The lowest BCUT2D eigenvalue weighted by Crippen LogP contribution is -2.38. The van der Waals surface area contributed by atoms with Crippen molar-refractivity contribution in [1.29, 1.82) is 5.26 Å². The van der Waals surface area contributed by atoms with E-state index in [2.05, 4.69) is 5.32 Å². The fourth-order valence-corrected chi connectivity index (χ4v) is 2.03. The number of rotatable bonds is 3. The summed E-state index contributed by atoms with van der Waals surface area (Å²) < 4.78 is 0. The summed E-state index contributed by atoms with van der Waals surface area (Å²) >= 11 is 0. The molecular weight excluding hydrogens is 180 g/mol. The molecule has 0 bridgehead atoms. The largest absolute Gasteiger partial charge is 0.396 e. The molecule has 1 rings (SSSR count). The van der Waals surface area contributed by atoms with E-state index in [1.54, 1.807) is 0 Å². The minimum absolute atomic E-state index is 0.0630. The van der Waals surface area contributed by atoms with Gasteiger partial charge in [0.15, 0.2) is 0 Å². The fraction of sp³-hybridized carbons (Fsp3) is 0.800. The number of carbonyl (C=O) groups is 1. The second kappa shape index (κ2) is 5.61. The highest BCUT2D eigenvalue weighted by atomic mass is 16.3. The number of aliphatic hydroxyl groups excluding tert-OH is 1. The molecule has 0 unspecified atom stereocenters. The van der Waals surface area contributed by atoms with Gasteiger partial charge in [-0.3, -0.25) is 4.79 Å². The summed E-state index contributed by atoms with van der Waals surface area (Å²) in [5.74, 6) is -0.0881. The number of carbonyl (C=O) groups excluding carboxylic acids is 1. The van der Waals surface area contributed by atoms with E-state index in [0.717, 1.165) is 25.7 Å². The zero-order valence-corrected chi connectivity index (χ0v) is 8.20. The summed E-state index contributed by atoms with van der Waals surface area (Å²) in [4.78, 5) is 11.6. The lowest BCUT2D eigenvalue weighted by atomic mass is 9.79. The zero-order chi connectivity index (χ0) is 10.4. The molecule has 0 aromatic heterocycles. The van der Waals surface area contributed by atoms with Crippen molar-refractivity contribution in [2.75, 3.05) is 13.2 Å². The van der Waals surface area contributed by atoms with E-state index < -0.39 is 0 Å². The molecule has 1 aliphatic carbocycles. The van der Waals surface area contributed by atoms with Gasteiger partial charge in [-0.15, -0.1) is 0 Å². The maximum absolute atomic E-state index is 11.6. The van der Waals surface area contributed by atoms with Gasteiger partial charge in [0, 0.05) is 12.5 Å². The molecule has 0 saturated heterocycles. The number of nitrogens with one attached hydrogen (secondary N) is 1. The van der Waals surface area contributed by atoms with Gasteiger partial charge in [0.25, 0.3) is 0 Å². The topological polar surface area (TPSA) is 73.1 Å². The number of nitriles is 1. The van der Waals surface area contributed by atoms with Crippen molar-refractivity contribution < 1.29 is 9.90 Å². The predicted octanol–water partition coefficient (Wildman–Crippen LogP) is 0.425. The highest BCUT2D eigenvalue weighted by Crippen LogP contribution is 2.29. The Morgan fingerprint density at radius 2 is 2.21 bits per heavy atom.